The lowest BCUT2D eigenvalue weighted by molar-refractivity contribution is 0.917. The van der Waals surface area contributed by atoms with Crippen molar-refractivity contribution in [2.45, 2.75) is 0 Å². The van der Waals surface area contributed by atoms with Crippen molar-refractivity contribution in [3.05, 3.63) is 35.7 Å². The molecule has 0 aliphatic carbocycles. The monoisotopic (exact) mass is 193 g/mol. The molecule has 4 heteroatoms. The molecular formula is C9H8ClN3. The van der Waals surface area contributed by atoms with Crippen LogP contribution in [0.25, 0.3) is 11.5 Å². The number of halogens is 1. The van der Waals surface area contributed by atoms with E-state index in [0.717, 1.165) is 11.5 Å². The van der Waals surface area contributed by atoms with E-state index in [-0.39, 0.29) is 0 Å². The molecule has 0 unspecified atom stereocenters. The number of hydrogen-bond acceptors (Lipinski definition) is 2. The van der Waals surface area contributed by atoms with Gasteiger partial charge in [0, 0.05) is 19.4 Å². The van der Waals surface area contributed by atoms with Crippen LogP contribution in [0.3, 0.4) is 0 Å². The van der Waals surface area contributed by atoms with E-state index < -0.39 is 0 Å². The molecule has 13 heavy (non-hydrogen) atoms. The molecule has 0 atom stereocenters. The molecule has 0 saturated heterocycles. The summed E-state index contributed by atoms with van der Waals surface area (Å²) in [6, 6.07) is 5.69. The maximum absolute atomic E-state index is 5.76. The van der Waals surface area contributed by atoms with Crippen molar-refractivity contribution in [1.82, 2.24) is 14.5 Å². The fourth-order valence-corrected chi connectivity index (χ4v) is 1.39. The van der Waals surface area contributed by atoms with Crippen LogP contribution in [-0.4, -0.2) is 14.5 Å². The number of hydrogen-bond donors (Lipinski definition) is 0. The molecule has 0 aliphatic heterocycles. The van der Waals surface area contributed by atoms with Crippen LogP contribution in [-0.2, 0) is 7.05 Å². The Bertz CT molecular complexity index is 408. The SMILES string of the molecule is Cn1cc(Cl)nc1-c1ccccn1. The first kappa shape index (κ1) is 8.26. The molecule has 66 valence electrons. The molecule has 0 fully saturated rings. The lowest BCUT2D eigenvalue weighted by atomic mass is 10.3. The van der Waals surface area contributed by atoms with Crippen molar-refractivity contribution < 1.29 is 0 Å². The van der Waals surface area contributed by atoms with E-state index in [1.54, 1.807) is 12.4 Å². The predicted molar refractivity (Wildman–Crippen MR) is 51.4 cm³/mol. The summed E-state index contributed by atoms with van der Waals surface area (Å²) in [7, 11) is 1.89. The second-order valence-electron chi connectivity index (χ2n) is 2.71. The number of aryl methyl sites for hydroxylation is 1. The van der Waals surface area contributed by atoms with E-state index in [4.69, 9.17) is 11.6 Å². The summed E-state index contributed by atoms with van der Waals surface area (Å²) in [6.45, 7) is 0. The van der Waals surface area contributed by atoms with Gasteiger partial charge in [0.25, 0.3) is 0 Å². The summed E-state index contributed by atoms with van der Waals surface area (Å²) in [5, 5.41) is 0.489. The van der Waals surface area contributed by atoms with Gasteiger partial charge in [-0.2, -0.15) is 0 Å². The molecule has 2 heterocycles. The second-order valence-corrected chi connectivity index (χ2v) is 3.10. The summed E-state index contributed by atoms with van der Waals surface area (Å²) in [6.07, 6.45) is 3.49. The minimum absolute atomic E-state index is 0.489. The van der Waals surface area contributed by atoms with E-state index in [9.17, 15) is 0 Å². The molecule has 0 saturated carbocycles. The number of nitrogens with zero attached hydrogens (tertiary/aromatic N) is 3. The van der Waals surface area contributed by atoms with Crippen LogP contribution in [0.1, 0.15) is 0 Å². The zero-order valence-corrected chi connectivity index (χ0v) is 7.86. The van der Waals surface area contributed by atoms with E-state index in [2.05, 4.69) is 9.97 Å². The van der Waals surface area contributed by atoms with Crippen LogP contribution in [0.5, 0.6) is 0 Å². The molecule has 0 aliphatic rings. The summed E-state index contributed by atoms with van der Waals surface area (Å²) in [5.41, 5.74) is 0.830. The Hall–Kier alpha value is -1.35. The number of rotatable bonds is 1. The van der Waals surface area contributed by atoms with E-state index in [0.29, 0.717) is 5.15 Å². The van der Waals surface area contributed by atoms with Crippen LogP contribution >= 0.6 is 11.6 Å². The highest BCUT2D eigenvalue weighted by Crippen LogP contribution is 2.16. The average molecular weight is 194 g/mol. The van der Waals surface area contributed by atoms with Crippen molar-refractivity contribution >= 4 is 11.6 Å². The Morgan fingerprint density at radius 2 is 2.23 bits per heavy atom. The Morgan fingerprint density at radius 3 is 2.77 bits per heavy atom. The van der Waals surface area contributed by atoms with E-state index in [1.807, 2.05) is 29.8 Å². The summed E-state index contributed by atoms with van der Waals surface area (Å²) >= 11 is 5.76. The Labute approximate surface area is 81.0 Å². The molecule has 0 bridgehead atoms. The number of pyridine rings is 1. The van der Waals surface area contributed by atoms with Gasteiger partial charge in [-0.15, -0.1) is 0 Å². The molecule has 0 spiro atoms. The van der Waals surface area contributed by atoms with Crippen LogP contribution in [0, 0.1) is 0 Å². The van der Waals surface area contributed by atoms with Gasteiger partial charge in [0.15, 0.2) is 5.82 Å². The minimum Gasteiger partial charge on any atom is -0.331 e. The van der Waals surface area contributed by atoms with Crippen LogP contribution in [0.4, 0.5) is 0 Å². The molecule has 0 N–H and O–H groups in total. The molecule has 0 radical (unpaired) electrons. The zero-order chi connectivity index (χ0) is 9.26. The first-order valence-electron chi connectivity index (χ1n) is 3.87. The van der Waals surface area contributed by atoms with Crippen molar-refractivity contribution in [3.8, 4) is 11.5 Å². The quantitative estimate of drug-likeness (QED) is 0.695. The fraction of sp³-hybridized carbons (Fsp3) is 0.111. The third kappa shape index (κ3) is 1.55. The molecule has 0 amide bonds. The highest BCUT2D eigenvalue weighted by Gasteiger charge is 2.05. The Balaban J connectivity index is 2.53. The van der Waals surface area contributed by atoms with Gasteiger partial charge in [0.05, 0.1) is 0 Å². The smallest absolute Gasteiger partial charge is 0.160 e. The van der Waals surface area contributed by atoms with E-state index in [1.165, 1.54) is 0 Å². The van der Waals surface area contributed by atoms with E-state index >= 15 is 0 Å². The minimum atomic E-state index is 0.489. The van der Waals surface area contributed by atoms with Gasteiger partial charge in [0.1, 0.15) is 10.8 Å². The van der Waals surface area contributed by atoms with Gasteiger partial charge in [-0.1, -0.05) is 17.7 Å². The summed E-state index contributed by atoms with van der Waals surface area (Å²) < 4.78 is 1.85. The molecule has 2 aromatic rings. The molecule has 3 nitrogen and oxygen atoms in total. The Morgan fingerprint density at radius 1 is 1.38 bits per heavy atom. The topological polar surface area (TPSA) is 30.7 Å². The lowest BCUT2D eigenvalue weighted by Gasteiger charge is -1.98. The second kappa shape index (κ2) is 3.18. The van der Waals surface area contributed by atoms with Crippen molar-refractivity contribution in [2.75, 3.05) is 0 Å². The fourth-order valence-electron chi connectivity index (χ4n) is 1.16. The summed E-state index contributed by atoms with van der Waals surface area (Å²) in [5.74, 6) is 0.783. The normalized spacial score (nSPS) is 10.3. The van der Waals surface area contributed by atoms with Gasteiger partial charge in [-0.25, -0.2) is 4.98 Å². The Kier molecular flexibility index (Phi) is 2.02. The van der Waals surface area contributed by atoms with Gasteiger partial charge >= 0.3 is 0 Å². The first-order valence-corrected chi connectivity index (χ1v) is 4.25. The summed E-state index contributed by atoms with van der Waals surface area (Å²) in [4.78, 5) is 8.33. The molecular weight excluding hydrogens is 186 g/mol. The van der Waals surface area contributed by atoms with Gasteiger partial charge in [-0.05, 0) is 12.1 Å². The van der Waals surface area contributed by atoms with Gasteiger partial charge in [0.2, 0.25) is 0 Å². The lowest BCUT2D eigenvalue weighted by Crippen LogP contribution is -1.92. The zero-order valence-electron chi connectivity index (χ0n) is 7.11. The van der Waals surface area contributed by atoms with Crippen molar-refractivity contribution in [1.29, 1.82) is 0 Å². The standard InChI is InChI=1S/C9H8ClN3/c1-13-6-8(10)12-9(13)7-4-2-3-5-11-7/h2-6H,1H3. The molecule has 2 rings (SSSR count). The third-order valence-corrected chi connectivity index (χ3v) is 1.92. The van der Waals surface area contributed by atoms with Crippen LogP contribution in [0.2, 0.25) is 5.15 Å². The van der Waals surface area contributed by atoms with Crippen molar-refractivity contribution in [3.63, 3.8) is 0 Å². The molecule has 2 aromatic heterocycles. The maximum Gasteiger partial charge on any atom is 0.160 e. The number of aromatic nitrogens is 3. The third-order valence-electron chi connectivity index (χ3n) is 1.74. The highest BCUT2D eigenvalue weighted by atomic mass is 35.5. The first-order chi connectivity index (χ1) is 6.27. The number of imidazole rings is 1. The van der Waals surface area contributed by atoms with Crippen LogP contribution < -0.4 is 0 Å². The van der Waals surface area contributed by atoms with Gasteiger partial charge < -0.3 is 4.57 Å². The van der Waals surface area contributed by atoms with Crippen molar-refractivity contribution in [2.24, 2.45) is 7.05 Å². The predicted octanol–water partition coefficient (Wildman–Crippen LogP) is 2.14. The largest absolute Gasteiger partial charge is 0.331 e. The average Bonchev–Trinajstić information content (AvgIpc) is 2.47. The van der Waals surface area contributed by atoms with Crippen LogP contribution in [0.15, 0.2) is 30.6 Å². The van der Waals surface area contributed by atoms with Gasteiger partial charge in [-0.3, -0.25) is 4.98 Å². The maximum atomic E-state index is 5.76. The highest BCUT2D eigenvalue weighted by molar-refractivity contribution is 6.29. The molecule has 0 aromatic carbocycles.